The number of benzene rings is 1. The van der Waals surface area contributed by atoms with Crippen LogP contribution in [0.2, 0.25) is 0 Å². The molecule has 0 fully saturated rings. The molecule has 31 heavy (non-hydrogen) atoms. The van der Waals surface area contributed by atoms with Gasteiger partial charge in [0.15, 0.2) is 0 Å². The van der Waals surface area contributed by atoms with E-state index in [1.54, 1.807) is 13.0 Å². The maximum absolute atomic E-state index is 12.9. The van der Waals surface area contributed by atoms with E-state index in [2.05, 4.69) is 48.1 Å². The Morgan fingerprint density at radius 1 is 1.13 bits per heavy atom. The number of alkyl halides is 3. The molecule has 0 aliphatic rings. The topological polar surface area (TPSA) is 78.4 Å². The Hall–Kier alpha value is -2.36. The maximum Gasteiger partial charge on any atom is 0.445 e. The van der Waals surface area contributed by atoms with E-state index in [1.807, 2.05) is 12.1 Å². The van der Waals surface area contributed by atoms with Crippen molar-refractivity contribution < 1.29 is 23.1 Å². The number of carboxylic acid groups (broad SMARTS) is 1. The summed E-state index contributed by atoms with van der Waals surface area (Å²) in [6.07, 6.45) is -4.60. The highest BCUT2D eigenvalue weighted by molar-refractivity contribution is 7.15. The van der Waals surface area contributed by atoms with E-state index in [9.17, 15) is 18.0 Å². The van der Waals surface area contributed by atoms with Gasteiger partial charge in [-0.1, -0.05) is 52.0 Å². The molecule has 1 aromatic heterocycles. The van der Waals surface area contributed by atoms with E-state index in [1.165, 1.54) is 0 Å². The van der Waals surface area contributed by atoms with Crippen LogP contribution in [0.15, 0.2) is 18.2 Å². The lowest BCUT2D eigenvalue weighted by Crippen LogP contribution is -2.31. The van der Waals surface area contributed by atoms with E-state index in [-0.39, 0.29) is 17.5 Å². The number of nitrogens with one attached hydrogen (secondary N) is 1. The van der Waals surface area contributed by atoms with Gasteiger partial charge in [-0.2, -0.15) is 13.2 Å². The van der Waals surface area contributed by atoms with E-state index >= 15 is 0 Å². The van der Waals surface area contributed by atoms with Crippen molar-refractivity contribution >= 4 is 33.8 Å². The van der Waals surface area contributed by atoms with Crippen molar-refractivity contribution in [1.82, 2.24) is 10.2 Å². The number of carbonyl (C=O) groups is 1. The molecule has 1 atom stereocenters. The summed E-state index contributed by atoms with van der Waals surface area (Å²) in [6.45, 7) is 11.7. The average Bonchev–Trinajstić information content (AvgIpc) is 3.08. The smallest absolute Gasteiger partial charge is 0.445 e. The number of aliphatic carboxylic acids is 1. The summed E-state index contributed by atoms with van der Waals surface area (Å²) in [5.41, 5.74) is 2.20. The van der Waals surface area contributed by atoms with Crippen LogP contribution in [0.25, 0.3) is 0 Å². The third-order valence-corrected chi connectivity index (χ3v) is 5.37. The summed E-state index contributed by atoms with van der Waals surface area (Å²) in [5, 5.41) is 18.0. The second-order valence-electron chi connectivity index (χ2n) is 8.50. The molecule has 0 unspecified atom stereocenters. The van der Waals surface area contributed by atoms with Gasteiger partial charge >= 0.3 is 12.1 Å². The molecule has 0 aliphatic heterocycles. The zero-order chi connectivity index (χ0) is 23.3. The SMILES string of the molecule is CC(C)CN(CC(C)C)c1ccc([C@H](C)CC(=O)O)cc1Nc1nnc(C(F)(F)F)s1. The number of nitrogens with zero attached hydrogens (tertiary/aromatic N) is 3. The highest BCUT2D eigenvalue weighted by Gasteiger charge is 2.35. The molecule has 2 rings (SSSR count). The summed E-state index contributed by atoms with van der Waals surface area (Å²) in [5.74, 6) is -0.423. The second-order valence-corrected chi connectivity index (χ2v) is 9.48. The normalized spacial score (nSPS) is 13.0. The summed E-state index contributed by atoms with van der Waals surface area (Å²) >= 11 is 0.437. The Balaban J connectivity index is 2.47. The largest absolute Gasteiger partial charge is 0.481 e. The summed E-state index contributed by atoms with van der Waals surface area (Å²) in [4.78, 5) is 13.3. The molecule has 0 bridgehead atoms. The first-order chi connectivity index (χ1) is 14.4. The predicted molar refractivity (Wildman–Crippen MR) is 117 cm³/mol. The minimum Gasteiger partial charge on any atom is -0.481 e. The van der Waals surface area contributed by atoms with Crippen molar-refractivity contribution in [2.45, 2.75) is 53.1 Å². The van der Waals surface area contributed by atoms with Crippen molar-refractivity contribution in [3.05, 3.63) is 28.8 Å². The summed E-state index contributed by atoms with van der Waals surface area (Å²) in [7, 11) is 0. The molecule has 0 spiro atoms. The Bertz CT molecular complexity index is 874. The molecule has 2 N–H and O–H groups in total. The third-order valence-electron chi connectivity index (χ3n) is 4.49. The fraction of sp³-hybridized carbons (Fsp3) is 0.571. The first-order valence-corrected chi connectivity index (χ1v) is 11.0. The van der Waals surface area contributed by atoms with Crippen molar-refractivity contribution in [3.63, 3.8) is 0 Å². The van der Waals surface area contributed by atoms with Crippen LogP contribution in [0.1, 0.15) is 57.5 Å². The predicted octanol–water partition coefficient (Wildman–Crippen LogP) is 6.00. The Labute approximate surface area is 184 Å². The molecule has 1 aromatic carbocycles. The first kappa shape index (κ1) is 24.9. The average molecular weight is 459 g/mol. The van der Waals surface area contributed by atoms with Crippen LogP contribution in [0, 0.1) is 11.8 Å². The highest BCUT2D eigenvalue weighted by Crippen LogP contribution is 2.37. The van der Waals surface area contributed by atoms with Crippen LogP contribution in [-0.2, 0) is 11.0 Å². The molecule has 2 aromatic rings. The Kier molecular flexibility index (Phi) is 8.27. The van der Waals surface area contributed by atoms with E-state index in [4.69, 9.17) is 5.11 Å². The van der Waals surface area contributed by atoms with Gasteiger partial charge in [0.1, 0.15) is 0 Å². The van der Waals surface area contributed by atoms with Gasteiger partial charge in [-0.25, -0.2) is 0 Å². The molecule has 0 saturated heterocycles. The van der Waals surface area contributed by atoms with E-state index in [0.717, 1.165) is 24.3 Å². The van der Waals surface area contributed by atoms with Crippen LogP contribution < -0.4 is 10.2 Å². The number of halogens is 3. The molecule has 0 saturated carbocycles. The monoisotopic (exact) mass is 458 g/mol. The molecule has 6 nitrogen and oxygen atoms in total. The van der Waals surface area contributed by atoms with Crippen molar-refractivity contribution in [1.29, 1.82) is 0 Å². The number of rotatable bonds is 10. The molecule has 0 amide bonds. The second kappa shape index (κ2) is 10.3. The Morgan fingerprint density at radius 3 is 2.23 bits per heavy atom. The van der Waals surface area contributed by atoms with E-state index in [0.29, 0.717) is 28.9 Å². The number of hydrogen-bond acceptors (Lipinski definition) is 6. The van der Waals surface area contributed by atoms with Crippen molar-refractivity contribution in [2.75, 3.05) is 23.3 Å². The zero-order valence-corrected chi connectivity index (χ0v) is 19.1. The van der Waals surface area contributed by atoms with Gasteiger partial charge in [-0.15, -0.1) is 10.2 Å². The van der Waals surface area contributed by atoms with Gasteiger partial charge in [-0.05, 0) is 35.4 Å². The highest BCUT2D eigenvalue weighted by atomic mass is 32.1. The lowest BCUT2D eigenvalue weighted by atomic mass is 9.96. The molecule has 0 radical (unpaired) electrons. The van der Waals surface area contributed by atoms with Crippen molar-refractivity contribution in [2.24, 2.45) is 11.8 Å². The van der Waals surface area contributed by atoms with Gasteiger partial charge in [0, 0.05) is 13.1 Å². The fourth-order valence-electron chi connectivity index (χ4n) is 3.27. The zero-order valence-electron chi connectivity index (χ0n) is 18.3. The van der Waals surface area contributed by atoms with Gasteiger partial charge in [0.05, 0.1) is 17.8 Å². The van der Waals surface area contributed by atoms with Gasteiger partial charge in [-0.3, -0.25) is 4.79 Å². The van der Waals surface area contributed by atoms with Gasteiger partial charge in [0.2, 0.25) is 10.1 Å². The molecule has 10 heteroatoms. The fourth-order valence-corrected chi connectivity index (χ4v) is 3.90. The van der Waals surface area contributed by atoms with Crippen LogP contribution in [-0.4, -0.2) is 34.4 Å². The van der Waals surface area contributed by atoms with Gasteiger partial charge < -0.3 is 15.3 Å². The minimum atomic E-state index is -4.56. The lowest BCUT2D eigenvalue weighted by molar-refractivity contribution is -0.138. The summed E-state index contributed by atoms with van der Waals surface area (Å²) < 4.78 is 38.8. The van der Waals surface area contributed by atoms with Crippen LogP contribution >= 0.6 is 11.3 Å². The molecule has 172 valence electrons. The minimum absolute atomic E-state index is 0.0330. The number of carboxylic acids is 1. The van der Waals surface area contributed by atoms with Crippen LogP contribution in [0.3, 0.4) is 0 Å². The van der Waals surface area contributed by atoms with Crippen LogP contribution in [0.5, 0.6) is 0 Å². The van der Waals surface area contributed by atoms with Crippen molar-refractivity contribution in [3.8, 4) is 0 Å². The molecular weight excluding hydrogens is 429 g/mol. The molecular formula is C21H29F3N4O2S. The lowest BCUT2D eigenvalue weighted by Gasteiger charge is -2.31. The van der Waals surface area contributed by atoms with E-state index < -0.39 is 17.2 Å². The quantitative estimate of drug-likeness (QED) is 0.455. The number of hydrogen-bond donors (Lipinski definition) is 2. The third kappa shape index (κ3) is 7.37. The molecule has 0 aliphatic carbocycles. The Morgan fingerprint density at radius 2 is 1.74 bits per heavy atom. The molecule has 1 heterocycles. The summed E-state index contributed by atoms with van der Waals surface area (Å²) in [6, 6.07) is 5.57. The maximum atomic E-state index is 12.9. The standard InChI is InChI=1S/C21H29F3N4O2S/c1-12(2)10-28(11-13(3)4)17-7-6-15(14(5)8-18(29)30)9-16(17)25-20-27-26-19(31-20)21(22,23)24/h6-7,9,12-14H,8,10-11H2,1-5H3,(H,25,27)(H,29,30)/t14-/m1/s1. The number of anilines is 3. The van der Waals surface area contributed by atoms with Crippen LogP contribution in [0.4, 0.5) is 29.7 Å². The van der Waals surface area contributed by atoms with Gasteiger partial charge in [0.25, 0.3) is 0 Å². The first-order valence-electron chi connectivity index (χ1n) is 10.1. The number of aromatic nitrogens is 2.